The number of H-pyrrole nitrogens is 1. The molecule has 0 atom stereocenters. The van der Waals surface area contributed by atoms with E-state index >= 15 is 0 Å². The van der Waals surface area contributed by atoms with E-state index in [1.54, 1.807) is 6.20 Å². The van der Waals surface area contributed by atoms with Crippen LogP contribution in [0.25, 0.3) is 11.0 Å². The lowest BCUT2D eigenvalue weighted by atomic mass is 10.1. The standard InChI is InChI=1S/C17H19ClN4/c1-2-3-4-5-16-19-8-12(9-20-16)6-13-10-21-17-15(13)7-14(18)11-22-17/h7-11H,2-6H2,1H3,(H,21,22). The summed E-state index contributed by atoms with van der Waals surface area (Å²) in [6.07, 6.45) is 12.8. The molecule has 0 amide bonds. The zero-order chi connectivity index (χ0) is 15.4. The van der Waals surface area contributed by atoms with Crippen LogP contribution in [-0.2, 0) is 12.8 Å². The number of fused-ring (bicyclic) bond motifs is 1. The van der Waals surface area contributed by atoms with Crippen molar-refractivity contribution in [1.82, 2.24) is 19.9 Å². The predicted octanol–water partition coefficient (Wildman–Crippen LogP) is 4.33. The minimum atomic E-state index is 0.649. The number of pyridine rings is 1. The number of aromatic amines is 1. The van der Waals surface area contributed by atoms with Crippen LogP contribution in [0.15, 0.2) is 30.9 Å². The quantitative estimate of drug-likeness (QED) is 0.689. The van der Waals surface area contributed by atoms with Gasteiger partial charge in [0.2, 0.25) is 0 Å². The van der Waals surface area contributed by atoms with Crippen LogP contribution in [0.5, 0.6) is 0 Å². The Labute approximate surface area is 135 Å². The fourth-order valence-corrected chi connectivity index (χ4v) is 2.69. The first-order valence-electron chi connectivity index (χ1n) is 7.67. The number of rotatable bonds is 6. The number of nitrogens with one attached hydrogen (secondary N) is 1. The number of halogens is 1. The van der Waals surface area contributed by atoms with E-state index in [1.165, 1.54) is 12.8 Å². The largest absolute Gasteiger partial charge is 0.346 e. The van der Waals surface area contributed by atoms with Crippen molar-refractivity contribution in [1.29, 1.82) is 0 Å². The number of unbranched alkanes of at least 4 members (excludes halogenated alkanes) is 2. The summed E-state index contributed by atoms with van der Waals surface area (Å²) >= 11 is 6.03. The zero-order valence-corrected chi connectivity index (χ0v) is 13.4. The molecule has 0 aliphatic heterocycles. The van der Waals surface area contributed by atoms with Gasteiger partial charge >= 0.3 is 0 Å². The number of hydrogen-bond acceptors (Lipinski definition) is 3. The van der Waals surface area contributed by atoms with Crippen LogP contribution in [-0.4, -0.2) is 19.9 Å². The van der Waals surface area contributed by atoms with Gasteiger partial charge in [-0.25, -0.2) is 15.0 Å². The Morgan fingerprint density at radius 1 is 1.09 bits per heavy atom. The molecule has 3 rings (SSSR count). The smallest absolute Gasteiger partial charge is 0.137 e. The molecule has 22 heavy (non-hydrogen) atoms. The first-order valence-corrected chi connectivity index (χ1v) is 8.05. The summed E-state index contributed by atoms with van der Waals surface area (Å²) in [5, 5.41) is 1.70. The van der Waals surface area contributed by atoms with E-state index in [-0.39, 0.29) is 0 Å². The van der Waals surface area contributed by atoms with Crippen LogP contribution in [0.3, 0.4) is 0 Å². The van der Waals surface area contributed by atoms with E-state index in [0.29, 0.717) is 5.02 Å². The maximum absolute atomic E-state index is 6.03. The highest BCUT2D eigenvalue weighted by Crippen LogP contribution is 2.22. The van der Waals surface area contributed by atoms with Crippen molar-refractivity contribution in [2.45, 2.75) is 39.0 Å². The number of hydrogen-bond donors (Lipinski definition) is 1. The number of nitrogens with zero attached hydrogens (tertiary/aromatic N) is 3. The maximum atomic E-state index is 6.03. The van der Waals surface area contributed by atoms with E-state index in [4.69, 9.17) is 11.6 Å². The second-order valence-corrected chi connectivity index (χ2v) is 5.94. The summed E-state index contributed by atoms with van der Waals surface area (Å²) in [7, 11) is 0. The maximum Gasteiger partial charge on any atom is 0.137 e. The molecule has 3 aromatic rings. The van der Waals surface area contributed by atoms with Gasteiger partial charge in [-0.05, 0) is 23.6 Å². The molecule has 3 heterocycles. The predicted molar refractivity (Wildman–Crippen MR) is 89.2 cm³/mol. The average molecular weight is 315 g/mol. The van der Waals surface area contributed by atoms with Crippen molar-refractivity contribution in [3.63, 3.8) is 0 Å². The Morgan fingerprint density at radius 3 is 2.68 bits per heavy atom. The zero-order valence-electron chi connectivity index (χ0n) is 12.6. The van der Waals surface area contributed by atoms with Crippen LogP contribution in [0.4, 0.5) is 0 Å². The van der Waals surface area contributed by atoms with Crippen molar-refractivity contribution < 1.29 is 0 Å². The Kier molecular flexibility index (Phi) is 4.68. The van der Waals surface area contributed by atoms with Crippen molar-refractivity contribution in [2.24, 2.45) is 0 Å². The van der Waals surface area contributed by atoms with Gasteiger partial charge in [-0.2, -0.15) is 0 Å². The van der Waals surface area contributed by atoms with Gasteiger partial charge in [0.25, 0.3) is 0 Å². The molecule has 0 saturated carbocycles. The SMILES string of the molecule is CCCCCc1ncc(Cc2c[nH]c3ncc(Cl)cc23)cn1. The van der Waals surface area contributed by atoms with Crippen LogP contribution >= 0.6 is 11.6 Å². The molecular weight excluding hydrogens is 296 g/mol. The number of aromatic nitrogens is 4. The normalized spacial score (nSPS) is 11.2. The van der Waals surface area contributed by atoms with Crippen LogP contribution in [0, 0.1) is 0 Å². The molecule has 0 bridgehead atoms. The molecule has 114 valence electrons. The summed E-state index contributed by atoms with van der Waals surface area (Å²) in [4.78, 5) is 16.4. The molecule has 0 aliphatic rings. The molecule has 0 unspecified atom stereocenters. The molecule has 1 N–H and O–H groups in total. The average Bonchev–Trinajstić information content (AvgIpc) is 2.92. The Balaban J connectivity index is 1.73. The van der Waals surface area contributed by atoms with Gasteiger partial charge in [0.15, 0.2) is 0 Å². The van der Waals surface area contributed by atoms with Crippen molar-refractivity contribution >= 4 is 22.6 Å². The summed E-state index contributed by atoms with van der Waals surface area (Å²) in [6, 6.07) is 1.94. The fraction of sp³-hybridized carbons (Fsp3) is 0.353. The van der Waals surface area contributed by atoms with Gasteiger partial charge < -0.3 is 4.98 Å². The molecule has 4 nitrogen and oxygen atoms in total. The second kappa shape index (κ2) is 6.88. The lowest BCUT2D eigenvalue weighted by Crippen LogP contribution is -1.97. The molecule has 0 spiro atoms. The third kappa shape index (κ3) is 3.45. The van der Waals surface area contributed by atoms with E-state index in [1.807, 2.05) is 24.7 Å². The topological polar surface area (TPSA) is 54.5 Å². The molecule has 0 fully saturated rings. The molecule has 0 aromatic carbocycles. The molecule has 0 aliphatic carbocycles. The van der Waals surface area contributed by atoms with Gasteiger partial charge in [-0.15, -0.1) is 0 Å². The Hall–Kier alpha value is -1.94. The minimum Gasteiger partial charge on any atom is -0.346 e. The van der Waals surface area contributed by atoms with Crippen LogP contribution < -0.4 is 0 Å². The Morgan fingerprint density at radius 2 is 1.91 bits per heavy atom. The van der Waals surface area contributed by atoms with Crippen molar-refractivity contribution in [2.75, 3.05) is 0 Å². The first-order chi connectivity index (χ1) is 10.8. The van der Waals surface area contributed by atoms with Crippen molar-refractivity contribution in [3.05, 3.63) is 52.8 Å². The Bertz CT molecular complexity index is 749. The molecule has 0 saturated heterocycles. The van der Waals surface area contributed by atoms with Gasteiger partial charge in [0, 0.05) is 43.0 Å². The van der Waals surface area contributed by atoms with Gasteiger partial charge in [0.05, 0.1) is 5.02 Å². The van der Waals surface area contributed by atoms with E-state index in [9.17, 15) is 0 Å². The molecule has 5 heteroatoms. The van der Waals surface area contributed by atoms with E-state index in [2.05, 4.69) is 26.9 Å². The second-order valence-electron chi connectivity index (χ2n) is 5.51. The summed E-state index contributed by atoms with van der Waals surface area (Å²) in [6.45, 7) is 2.20. The van der Waals surface area contributed by atoms with E-state index in [0.717, 1.165) is 47.2 Å². The van der Waals surface area contributed by atoms with E-state index < -0.39 is 0 Å². The molecule has 3 aromatic heterocycles. The number of aryl methyl sites for hydroxylation is 1. The minimum absolute atomic E-state index is 0.649. The fourth-order valence-electron chi connectivity index (χ4n) is 2.53. The highest BCUT2D eigenvalue weighted by Gasteiger charge is 2.07. The van der Waals surface area contributed by atoms with Gasteiger partial charge in [0.1, 0.15) is 11.5 Å². The summed E-state index contributed by atoms with van der Waals surface area (Å²) < 4.78 is 0. The highest BCUT2D eigenvalue weighted by atomic mass is 35.5. The molecular formula is C17H19ClN4. The lowest BCUT2D eigenvalue weighted by molar-refractivity contribution is 0.692. The van der Waals surface area contributed by atoms with Crippen LogP contribution in [0.2, 0.25) is 5.02 Å². The highest BCUT2D eigenvalue weighted by molar-refractivity contribution is 6.31. The summed E-state index contributed by atoms with van der Waals surface area (Å²) in [5.41, 5.74) is 3.11. The third-order valence-electron chi connectivity index (χ3n) is 3.74. The van der Waals surface area contributed by atoms with Gasteiger partial charge in [-0.3, -0.25) is 0 Å². The lowest BCUT2D eigenvalue weighted by Gasteiger charge is -2.02. The third-order valence-corrected chi connectivity index (χ3v) is 3.95. The van der Waals surface area contributed by atoms with Crippen LogP contribution in [0.1, 0.15) is 43.1 Å². The summed E-state index contributed by atoms with van der Waals surface area (Å²) in [5.74, 6) is 0.931. The molecule has 0 radical (unpaired) electrons. The first kappa shape index (κ1) is 15.0. The van der Waals surface area contributed by atoms with Crippen molar-refractivity contribution in [3.8, 4) is 0 Å². The monoisotopic (exact) mass is 314 g/mol. The van der Waals surface area contributed by atoms with Gasteiger partial charge in [-0.1, -0.05) is 31.4 Å².